The lowest BCUT2D eigenvalue weighted by Gasteiger charge is -2.34. The van der Waals surface area contributed by atoms with Gasteiger partial charge in [-0.25, -0.2) is 4.39 Å². The second kappa shape index (κ2) is 8.19. The molecular formula is C20H25FN3O2+. The van der Waals surface area contributed by atoms with Crippen LogP contribution in [-0.2, 0) is 4.79 Å². The topological polar surface area (TPSA) is 46.0 Å². The molecule has 1 amide bonds. The molecule has 0 radical (unpaired) electrons. The van der Waals surface area contributed by atoms with Crippen LogP contribution in [0.4, 0.5) is 15.8 Å². The number of carbonyl (C=O) groups is 1. The molecule has 1 saturated heterocycles. The zero-order valence-corrected chi connectivity index (χ0v) is 15.2. The summed E-state index contributed by atoms with van der Waals surface area (Å²) in [6.07, 6.45) is 0. The fourth-order valence-electron chi connectivity index (χ4n) is 3.23. The molecule has 2 N–H and O–H groups in total. The first-order chi connectivity index (χ1) is 12.6. The van der Waals surface area contributed by atoms with Gasteiger partial charge in [0.15, 0.2) is 6.54 Å². The van der Waals surface area contributed by atoms with Crippen molar-refractivity contribution in [3.05, 3.63) is 53.8 Å². The molecule has 0 spiro atoms. The average molecular weight is 358 g/mol. The summed E-state index contributed by atoms with van der Waals surface area (Å²) in [4.78, 5) is 15.8. The summed E-state index contributed by atoms with van der Waals surface area (Å²) in [5.41, 5.74) is 2.17. The number of rotatable bonds is 5. The van der Waals surface area contributed by atoms with E-state index in [9.17, 15) is 9.18 Å². The van der Waals surface area contributed by atoms with Crippen LogP contribution in [0.1, 0.15) is 5.56 Å². The van der Waals surface area contributed by atoms with E-state index in [0.29, 0.717) is 17.8 Å². The van der Waals surface area contributed by atoms with Gasteiger partial charge in [0.1, 0.15) is 11.6 Å². The summed E-state index contributed by atoms with van der Waals surface area (Å²) in [5.74, 6) is 0.477. The van der Waals surface area contributed by atoms with Gasteiger partial charge in [0.25, 0.3) is 5.91 Å². The third kappa shape index (κ3) is 4.32. The third-order valence-electron chi connectivity index (χ3n) is 4.76. The summed E-state index contributed by atoms with van der Waals surface area (Å²) < 4.78 is 19.0. The van der Waals surface area contributed by atoms with Gasteiger partial charge in [-0.3, -0.25) is 4.79 Å². The Balaban J connectivity index is 1.52. The van der Waals surface area contributed by atoms with Gasteiger partial charge in [-0.05, 0) is 36.8 Å². The molecule has 0 bridgehead atoms. The second-order valence-electron chi connectivity index (χ2n) is 6.60. The summed E-state index contributed by atoms with van der Waals surface area (Å²) >= 11 is 0. The van der Waals surface area contributed by atoms with Crippen molar-refractivity contribution >= 4 is 17.3 Å². The number of piperazine rings is 1. The molecule has 1 aliphatic heterocycles. The number of quaternary nitrogens is 1. The molecule has 5 nitrogen and oxygen atoms in total. The fourth-order valence-corrected chi connectivity index (χ4v) is 3.23. The lowest BCUT2D eigenvalue weighted by atomic mass is 10.2. The van der Waals surface area contributed by atoms with Crippen LogP contribution in [0.2, 0.25) is 0 Å². The van der Waals surface area contributed by atoms with E-state index in [-0.39, 0.29) is 11.7 Å². The van der Waals surface area contributed by atoms with E-state index in [1.54, 1.807) is 26.2 Å². The molecule has 0 unspecified atom stereocenters. The number of benzene rings is 2. The van der Waals surface area contributed by atoms with Crippen LogP contribution in [0.25, 0.3) is 0 Å². The number of hydrogen-bond acceptors (Lipinski definition) is 3. The zero-order chi connectivity index (χ0) is 18.5. The molecule has 2 aromatic carbocycles. The van der Waals surface area contributed by atoms with E-state index in [0.717, 1.165) is 37.6 Å². The smallest absolute Gasteiger partial charge is 0.279 e. The molecule has 1 heterocycles. The van der Waals surface area contributed by atoms with Crippen LogP contribution < -0.4 is 19.9 Å². The number of amides is 1. The van der Waals surface area contributed by atoms with Crippen LogP contribution in [0.5, 0.6) is 5.75 Å². The number of para-hydroxylation sites is 2. The second-order valence-corrected chi connectivity index (χ2v) is 6.60. The molecular weight excluding hydrogens is 333 g/mol. The highest BCUT2D eigenvalue weighted by Crippen LogP contribution is 2.27. The lowest BCUT2D eigenvalue weighted by Crippen LogP contribution is -3.15. The van der Waals surface area contributed by atoms with Gasteiger partial charge < -0.3 is 19.9 Å². The van der Waals surface area contributed by atoms with Crippen LogP contribution in [-0.4, -0.2) is 45.7 Å². The quantitative estimate of drug-likeness (QED) is 0.851. The molecule has 2 aromatic rings. The normalized spacial score (nSPS) is 15.0. The van der Waals surface area contributed by atoms with E-state index in [1.165, 1.54) is 11.0 Å². The Labute approximate surface area is 153 Å². The number of ether oxygens (including phenoxy) is 1. The van der Waals surface area contributed by atoms with E-state index < -0.39 is 0 Å². The standard InChI is InChI=1S/C20H24FN3O2/c1-15-7-8-16(13-17(15)21)22-20(25)14-23-9-11-24(12-10-23)18-5-3-4-6-19(18)26-2/h3-8,13H,9-12,14H2,1-2H3,(H,22,25)/p+1. The Kier molecular flexibility index (Phi) is 5.73. The highest BCUT2D eigenvalue weighted by Gasteiger charge is 2.23. The van der Waals surface area contributed by atoms with Crippen LogP contribution in [0.15, 0.2) is 42.5 Å². The summed E-state index contributed by atoms with van der Waals surface area (Å²) in [6.45, 7) is 5.55. The van der Waals surface area contributed by atoms with Gasteiger partial charge in [-0.1, -0.05) is 18.2 Å². The molecule has 1 aliphatic rings. The number of nitrogens with zero attached hydrogens (tertiary/aromatic N) is 1. The third-order valence-corrected chi connectivity index (χ3v) is 4.76. The minimum absolute atomic E-state index is 0.0889. The van der Waals surface area contributed by atoms with E-state index in [1.807, 2.05) is 18.2 Å². The maximum Gasteiger partial charge on any atom is 0.279 e. The predicted octanol–water partition coefficient (Wildman–Crippen LogP) is 1.49. The molecule has 6 heteroatoms. The first-order valence-corrected chi connectivity index (χ1v) is 8.84. The SMILES string of the molecule is COc1ccccc1N1CC[NH+](CC(=O)Nc2ccc(C)c(F)c2)CC1. The number of hydrogen-bond donors (Lipinski definition) is 2. The minimum Gasteiger partial charge on any atom is -0.495 e. The average Bonchev–Trinajstić information content (AvgIpc) is 2.65. The Morgan fingerprint density at radius 2 is 1.96 bits per heavy atom. The first-order valence-electron chi connectivity index (χ1n) is 8.84. The Bertz CT molecular complexity index is 773. The minimum atomic E-state index is -0.305. The van der Waals surface area contributed by atoms with Crippen molar-refractivity contribution in [2.45, 2.75) is 6.92 Å². The monoisotopic (exact) mass is 358 g/mol. The fraction of sp³-hybridized carbons (Fsp3) is 0.350. The van der Waals surface area contributed by atoms with Crippen LogP contribution in [0, 0.1) is 12.7 Å². The van der Waals surface area contributed by atoms with Crippen LogP contribution in [0.3, 0.4) is 0 Å². The molecule has 26 heavy (non-hydrogen) atoms. The highest BCUT2D eigenvalue weighted by molar-refractivity contribution is 5.91. The van der Waals surface area contributed by atoms with E-state index in [2.05, 4.69) is 16.3 Å². The van der Waals surface area contributed by atoms with E-state index in [4.69, 9.17) is 4.74 Å². The maximum absolute atomic E-state index is 13.6. The number of anilines is 2. The maximum atomic E-state index is 13.6. The van der Waals surface area contributed by atoms with Crippen molar-refractivity contribution < 1.29 is 18.8 Å². The molecule has 3 rings (SSSR count). The number of halogens is 1. The highest BCUT2D eigenvalue weighted by atomic mass is 19.1. The summed E-state index contributed by atoms with van der Waals surface area (Å²) in [6, 6.07) is 12.7. The van der Waals surface area contributed by atoms with Gasteiger partial charge in [0.05, 0.1) is 39.0 Å². The zero-order valence-electron chi connectivity index (χ0n) is 15.2. The van der Waals surface area contributed by atoms with Crippen molar-refractivity contribution in [1.29, 1.82) is 0 Å². The van der Waals surface area contributed by atoms with Crippen molar-refractivity contribution in [2.24, 2.45) is 0 Å². The first kappa shape index (κ1) is 18.2. The van der Waals surface area contributed by atoms with Crippen molar-refractivity contribution in [3.63, 3.8) is 0 Å². The summed E-state index contributed by atoms with van der Waals surface area (Å²) in [5, 5.41) is 2.79. The van der Waals surface area contributed by atoms with Crippen molar-refractivity contribution in [2.75, 3.05) is 50.1 Å². The van der Waals surface area contributed by atoms with E-state index >= 15 is 0 Å². The number of methoxy groups -OCH3 is 1. The van der Waals surface area contributed by atoms with Gasteiger partial charge in [0, 0.05) is 5.69 Å². The molecule has 0 saturated carbocycles. The molecule has 0 atom stereocenters. The predicted molar refractivity (Wildman–Crippen MR) is 101 cm³/mol. The largest absolute Gasteiger partial charge is 0.495 e. The number of nitrogens with one attached hydrogen (secondary N) is 2. The molecule has 138 valence electrons. The van der Waals surface area contributed by atoms with Crippen molar-refractivity contribution in [1.82, 2.24) is 0 Å². The molecule has 0 aromatic heterocycles. The van der Waals surface area contributed by atoms with Crippen LogP contribution >= 0.6 is 0 Å². The van der Waals surface area contributed by atoms with Gasteiger partial charge in [0.2, 0.25) is 0 Å². The van der Waals surface area contributed by atoms with Crippen molar-refractivity contribution in [3.8, 4) is 5.75 Å². The Morgan fingerprint density at radius 3 is 2.65 bits per heavy atom. The molecule has 0 aliphatic carbocycles. The molecule has 1 fully saturated rings. The van der Waals surface area contributed by atoms with Gasteiger partial charge in [-0.15, -0.1) is 0 Å². The number of carbonyl (C=O) groups excluding carboxylic acids is 1. The number of aryl methyl sites for hydroxylation is 1. The Hall–Kier alpha value is -2.60. The van der Waals surface area contributed by atoms with Gasteiger partial charge in [-0.2, -0.15) is 0 Å². The summed E-state index contributed by atoms with van der Waals surface area (Å²) in [7, 11) is 1.68. The van der Waals surface area contributed by atoms with Gasteiger partial charge >= 0.3 is 0 Å². The Morgan fingerprint density at radius 1 is 1.23 bits per heavy atom. The lowest BCUT2D eigenvalue weighted by molar-refractivity contribution is -0.892.